The van der Waals surface area contributed by atoms with Crippen molar-refractivity contribution >= 4 is 28.0 Å². The highest BCUT2D eigenvalue weighted by molar-refractivity contribution is 6.15. The van der Waals surface area contributed by atoms with Crippen LogP contribution in [0.1, 0.15) is 35.5 Å². The fourth-order valence-electron chi connectivity index (χ4n) is 2.67. The number of fused-ring (bicyclic) bond motifs is 1. The lowest BCUT2D eigenvalue weighted by Crippen LogP contribution is -2.05. The lowest BCUT2D eigenvalue weighted by atomic mass is 10.0. The van der Waals surface area contributed by atoms with Gasteiger partial charge in [0, 0.05) is 11.5 Å². The zero-order chi connectivity index (χ0) is 18.1. The van der Waals surface area contributed by atoms with E-state index in [0.29, 0.717) is 11.0 Å². The highest BCUT2D eigenvalue weighted by Crippen LogP contribution is 2.33. The second-order valence-electron chi connectivity index (χ2n) is 5.70. The van der Waals surface area contributed by atoms with Crippen LogP contribution in [-0.4, -0.2) is 12.9 Å². The van der Waals surface area contributed by atoms with Crippen LogP contribution in [0.5, 0.6) is 5.75 Å². The van der Waals surface area contributed by atoms with Crippen molar-refractivity contribution in [1.29, 1.82) is 0 Å². The average Bonchev–Trinajstić information content (AvgIpc) is 2.96. The van der Waals surface area contributed by atoms with Crippen molar-refractivity contribution in [2.45, 2.75) is 13.8 Å². The molecule has 0 saturated heterocycles. The first-order chi connectivity index (χ1) is 12.0. The molecule has 0 aliphatic carbocycles. The Morgan fingerprint density at radius 1 is 1.24 bits per heavy atom. The van der Waals surface area contributed by atoms with E-state index in [4.69, 9.17) is 14.9 Å². The Morgan fingerprint density at radius 3 is 2.68 bits per heavy atom. The maximum atomic E-state index is 13.4. The first-order valence-electron chi connectivity index (χ1n) is 7.79. The molecule has 2 N–H and O–H groups in total. The molecular formula is C20H18FNO3. The second kappa shape index (κ2) is 6.43. The van der Waals surface area contributed by atoms with Gasteiger partial charge in [0.25, 0.3) is 0 Å². The van der Waals surface area contributed by atoms with Crippen LogP contribution in [0.4, 0.5) is 10.1 Å². The van der Waals surface area contributed by atoms with Crippen molar-refractivity contribution < 1.29 is 18.3 Å². The molecule has 0 spiro atoms. The van der Waals surface area contributed by atoms with E-state index in [1.54, 1.807) is 0 Å². The van der Waals surface area contributed by atoms with Gasteiger partial charge in [0.2, 0.25) is 5.78 Å². The number of anilines is 1. The zero-order valence-corrected chi connectivity index (χ0v) is 14.2. The summed E-state index contributed by atoms with van der Waals surface area (Å²) >= 11 is 0. The fourth-order valence-corrected chi connectivity index (χ4v) is 2.67. The number of halogens is 1. The summed E-state index contributed by atoms with van der Waals surface area (Å²) < 4.78 is 24.2. The Bertz CT molecular complexity index is 1000. The van der Waals surface area contributed by atoms with Crippen molar-refractivity contribution in [3.63, 3.8) is 0 Å². The average molecular weight is 339 g/mol. The summed E-state index contributed by atoms with van der Waals surface area (Å²) in [7, 11) is 1.37. The molecule has 3 aromatic rings. The van der Waals surface area contributed by atoms with Crippen LogP contribution in [0, 0.1) is 5.82 Å². The van der Waals surface area contributed by atoms with Crippen LogP contribution in [-0.2, 0) is 0 Å². The molecule has 0 atom stereocenters. The van der Waals surface area contributed by atoms with E-state index in [0.717, 1.165) is 17.2 Å². The minimum absolute atomic E-state index is 0.0233. The van der Waals surface area contributed by atoms with Crippen LogP contribution >= 0.6 is 0 Å². The Kier molecular flexibility index (Phi) is 4.31. The zero-order valence-electron chi connectivity index (χ0n) is 14.2. The summed E-state index contributed by atoms with van der Waals surface area (Å²) in [5.41, 5.74) is 9.17. The number of nitrogen functional groups attached to an aromatic ring is 1. The molecule has 128 valence electrons. The maximum Gasteiger partial charge on any atom is 0.234 e. The Hall–Kier alpha value is -3.08. The number of nitrogens with two attached hydrogens (primary N) is 1. The number of carbonyl (C=O) groups is 1. The number of furan rings is 1. The number of hydrogen-bond donors (Lipinski definition) is 1. The van der Waals surface area contributed by atoms with Gasteiger partial charge >= 0.3 is 0 Å². The molecule has 5 heteroatoms. The summed E-state index contributed by atoms with van der Waals surface area (Å²) in [5, 5.41) is 0.664. The van der Waals surface area contributed by atoms with Crippen LogP contribution < -0.4 is 10.5 Å². The van der Waals surface area contributed by atoms with E-state index in [1.165, 1.54) is 19.2 Å². The van der Waals surface area contributed by atoms with Crippen molar-refractivity contribution in [2.24, 2.45) is 0 Å². The summed E-state index contributed by atoms with van der Waals surface area (Å²) in [5.74, 6) is -0.780. The SMILES string of the molecule is C/C=C(\C)c1ccc2c(N)c(C(=O)c3ccc(F)cc3OC)oc2c1. The number of carbonyl (C=O) groups excluding carboxylic acids is 1. The molecule has 0 bridgehead atoms. The van der Waals surface area contributed by atoms with Gasteiger partial charge in [0.05, 0.1) is 18.4 Å². The number of hydrogen-bond acceptors (Lipinski definition) is 4. The molecule has 0 saturated carbocycles. The number of methoxy groups -OCH3 is 1. The third kappa shape index (κ3) is 2.89. The van der Waals surface area contributed by atoms with Gasteiger partial charge in [0.15, 0.2) is 5.76 Å². The monoisotopic (exact) mass is 339 g/mol. The van der Waals surface area contributed by atoms with E-state index in [1.807, 2.05) is 38.1 Å². The third-order valence-electron chi connectivity index (χ3n) is 4.23. The Balaban J connectivity index is 2.12. The predicted octanol–water partition coefficient (Wildman–Crippen LogP) is 4.82. The van der Waals surface area contributed by atoms with Gasteiger partial charge in [-0.05, 0) is 49.2 Å². The number of benzene rings is 2. The molecular weight excluding hydrogens is 321 g/mol. The lowest BCUT2D eigenvalue weighted by molar-refractivity contribution is 0.101. The van der Waals surface area contributed by atoms with Crippen LogP contribution in [0.2, 0.25) is 0 Å². The van der Waals surface area contributed by atoms with Gasteiger partial charge in [0.1, 0.15) is 17.1 Å². The van der Waals surface area contributed by atoms with E-state index < -0.39 is 11.6 Å². The molecule has 1 aromatic heterocycles. The maximum absolute atomic E-state index is 13.4. The minimum atomic E-state index is -0.488. The first-order valence-corrected chi connectivity index (χ1v) is 7.79. The van der Waals surface area contributed by atoms with E-state index in [-0.39, 0.29) is 22.8 Å². The van der Waals surface area contributed by atoms with E-state index >= 15 is 0 Å². The topological polar surface area (TPSA) is 65.5 Å². The van der Waals surface area contributed by atoms with Gasteiger partial charge in [-0.25, -0.2) is 4.39 Å². The largest absolute Gasteiger partial charge is 0.496 e. The van der Waals surface area contributed by atoms with Gasteiger partial charge in [-0.3, -0.25) is 4.79 Å². The van der Waals surface area contributed by atoms with Crippen molar-refractivity contribution in [1.82, 2.24) is 0 Å². The molecule has 0 aliphatic heterocycles. The van der Waals surface area contributed by atoms with Gasteiger partial charge in [-0.2, -0.15) is 0 Å². The van der Waals surface area contributed by atoms with Crippen molar-refractivity contribution in [3.8, 4) is 5.75 Å². The van der Waals surface area contributed by atoms with Crippen LogP contribution in [0.15, 0.2) is 46.9 Å². The third-order valence-corrected chi connectivity index (χ3v) is 4.23. The Labute approximate surface area is 144 Å². The van der Waals surface area contributed by atoms with Crippen molar-refractivity contribution in [2.75, 3.05) is 12.8 Å². The molecule has 0 amide bonds. The number of rotatable bonds is 4. The smallest absolute Gasteiger partial charge is 0.234 e. The molecule has 0 radical (unpaired) electrons. The molecule has 0 aliphatic rings. The quantitative estimate of drug-likeness (QED) is 0.692. The summed E-state index contributed by atoms with van der Waals surface area (Å²) in [6, 6.07) is 9.31. The van der Waals surface area contributed by atoms with Gasteiger partial charge in [-0.1, -0.05) is 12.1 Å². The van der Waals surface area contributed by atoms with Crippen molar-refractivity contribution in [3.05, 3.63) is 65.2 Å². The Morgan fingerprint density at radius 2 is 2.00 bits per heavy atom. The highest BCUT2D eigenvalue weighted by atomic mass is 19.1. The minimum Gasteiger partial charge on any atom is -0.496 e. The fraction of sp³-hybridized carbons (Fsp3) is 0.150. The summed E-state index contributed by atoms with van der Waals surface area (Å²) in [6.07, 6.45) is 1.99. The first kappa shape index (κ1) is 16.8. The van der Waals surface area contributed by atoms with Gasteiger partial charge < -0.3 is 14.9 Å². The van der Waals surface area contributed by atoms with E-state index in [9.17, 15) is 9.18 Å². The standard InChI is InChI=1S/C20H18FNO3/c1-4-11(2)12-5-7-14-17(9-12)25-20(18(14)22)19(23)15-8-6-13(21)10-16(15)24-3/h4-10H,22H2,1-3H3/b11-4+. The highest BCUT2D eigenvalue weighted by Gasteiger charge is 2.23. The molecule has 0 unspecified atom stereocenters. The summed E-state index contributed by atoms with van der Waals surface area (Å²) in [6.45, 7) is 3.94. The normalized spacial score (nSPS) is 11.8. The molecule has 4 nitrogen and oxygen atoms in total. The predicted molar refractivity (Wildman–Crippen MR) is 96.3 cm³/mol. The molecule has 25 heavy (non-hydrogen) atoms. The van der Waals surface area contributed by atoms with Gasteiger partial charge in [-0.15, -0.1) is 0 Å². The number of ether oxygens (including phenoxy) is 1. The summed E-state index contributed by atoms with van der Waals surface area (Å²) in [4.78, 5) is 12.8. The lowest BCUT2D eigenvalue weighted by Gasteiger charge is -2.06. The molecule has 1 heterocycles. The second-order valence-corrected chi connectivity index (χ2v) is 5.70. The number of ketones is 1. The number of allylic oxidation sites excluding steroid dienone is 2. The molecule has 0 fully saturated rings. The van der Waals surface area contributed by atoms with Crippen LogP contribution in [0.3, 0.4) is 0 Å². The van der Waals surface area contributed by atoms with Crippen LogP contribution in [0.25, 0.3) is 16.5 Å². The molecule has 3 rings (SSSR count). The molecule has 2 aromatic carbocycles. The van der Waals surface area contributed by atoms with E-state index in [2.05, 4.69) is 0 Å².